The van der Waals surface area contributed by atoms with Gasteiger partial charge in [0.1, 0.15) is 12.1 Å². The van der Waals surface area contributed by atoms with Crippen LogP contribution in [0, 0.1) is 22.7 Å². The van der Waals surface area contributed by atoms with Crippen LogP contribution in [-0.4, -0.2) is 0 Å². The molecule has 0 amide bonds. The summed E-state index contributed by atoms with van der Waals surface area (Å²) in [6.07, 6.45) is 5.50. The summed E-state index contributed by atoms with van der Waals surface area (Å²) in [5, 5.41) is 17.3. The fraction of sp³-hybridized carbons (Fsp3) is 0.200. The van der Waals surface area contributed by atoms with Crippen molar-refractivity contribution in [3.8, 4) is 12.1 Å². The van der Waals surface area contributed by atoms with Crippen LogP contribution in [0.15, 0.2) is 36.0 Å². The maximum absolute atomic E-state index is 8.64. The van der Waals surface area contributed by atoms with E-state index in [9.17, 15) is 0 Å². The van der Waals surface area contributed by atoms with Crippen LogP contribution in [0.3, 0.4) is 0 Å². The minimum Gasteiger partial charge on any atom is -0.192 e. The van der Waals surface area contributed by atoms with Gasteiger partial charge in [0.05, 0.1) is 11.1 Å². The molecule has 0 aromatic heterocycles. The van der Waals surface area contributed by atoms with Crippen LogP contribution < -0.4 is 0 Å². The number of rotatable bonds is 3. The Morgan fingerprint density at radius 3 is 2.25 bits per heavy atom. The second-order valence-corrected chi connectivity index (χ2v) is 2.07. The first kappa shape index (κ1) is 10.2. The number of nitrogens with zero attached hydrogens (tertiary/aromatic N) is 2. The molecule has 2 heteroatoms. The Morgan fingerprint density at radius 2 is 1.92 bits per heavy atom. The summed E-state index contributed by atoms with van der Waals surface area (Å²) in [4.78, 5) is 0. The first-order valence-corrected chi connectivity index (χ1v) is 3.63. The molecule has 0 atom stereocenters. The van der Waals surface area contributed by atoms with Gasteiger partial charge in [0, 0.05) is 0 Å². The first-order valence-electron chi connectivity index (χ1n) is 3.63. The third kappa shape index (κ3) is 2.86. The SMILES string of the molecule is C=C/C=C(C#N)\C(C#N)=C/CC. The van der Waals surface area contributed by atoms with Crippen molar-refractivity contribution < 1.29 is 0 Å². The number of allylic oxidation sites excluding steroid dienone is 5. The first-order chi connectivity index (χ1) is 5.79. The Labute approximate surface area is 72.7 Å². The van der Waals surface area contributed by atoms with E-state index in [1.807, 2.05) is 19.1 Å². The Hall–Kier alpha value is -1.80. The minimum absolute atomic E-state index is 0.370. The van der Waals surface area contributed by atoms with E-state index in [4.69, 9.17) is 10.5 Å². The van der Waals surface area contributed by atoms with E-state index in [0.717, 1.165) is 6.42 Å². The van der Waals surface area contributed by atoms with Crippen LogP contribution in [-0.2, 0) is 0 Å². The lowest BCUT2D eigenvalue weighted by molar-refractivity contribution is 1.20. The quantitative estimate of drug-likeness (QED) is 0.468. The number of hydrogen-bond acceptors (Lipinski definition) is 2. The Bertz CT molecular complexity index is 295. The molecule has 0 aliphatic rings. The largest absolute Gasteiger partial charge is 0.192 e. The van der Waals surface area contributed by atoms with Gasteiger partial charge >= 0.3 is 0 Å². The van der Waals surface area contributed by atoms with Crippen molar-refractivity contribution in [2.24, 2.45) is 0 Å². The van der Waals surface area contributed by atoms with Crippen molar-refractivity contribution in [3.63, 3.8) is 0 Å². The zero-order valence-electron chi connectivity index (χ0n) is 7.04. The minimum atomic E-state index is 0.370. The van der Waals surface area contributed by atoms with Gasteiger partial charge in [0.15, 0.2) is 0 Å². The van der Waals surface area contributed by atoms with E-state index in [0.29, 0.717) is 11.1 Å². The molecule has 0 fully saturated rings. The summed E-state index contributed by atoms with van der Waals surface area (Å²) >= 11 is 0. The summed E-state index contributed by atoms with van der Waals surface area (Å²) in [7, 11) is 0. The maximum atomic E-state index is 8.64. The van der Waals surface area contributed by atoms with E-state index >= 15 is 0 Å². The molecule has 0 aromatic rings. The van der Waals surface area contributed by atoms with Crippen molar-refractivity contribution in [1.29, 1.82) is 10.5 Å². The Morgan fingerprint density at radius 1 is 1.33 bits per heavy atom. The zero-order chi connectivity index (χ0) is 9.40. The highest BCUT2D eigenvalue weighted by atomic mass is 14.3. The average Bonchev–Trinajstić information content (AvgIpc) is 2.11. The van der Waals surface area contributed by atoms with E-state index in [-0.39, 0.29) is 0 Å². The molecule has 0 N–H and O–H groups in total. The predicted molar refractivity (Wildman–Crippen MR) is 47.9 cm³/mol. The Kier molecular flexibility index (Phi) is 5.05. The summed E-state index contributed by atoms with van der Waals surface area (Å²) in [6.45, 7) is 5.38. The van der Waals surface area contributed by atoms with Crippen LogP contribution in [0.5, 0.6) is 0 Å². The molecule has 60 valence electrons. The molecule has 2 nitrogen and oxygen atoms in total. The molecule has 0 spiro atoms. The summed E-state index contributed by atoms with van der Waals surface area (Å²) < 4.78 is 0. The van der Waals surface area contributed by atoms with Crippen molar-refractivity contribution in [3.05, 3.63) is 36.0 Å². The van der Waals surface area contributed by atoms with Gasteiger partial charge in [-0.25, -0.2) is 0 Å². The average molecular weight is 158 g/mol. The van der Waals surface area contributed by atoms with Crippen LogP contribution in [0.25, 0.3) is 0 Å². The van der Waals surface area contributed by atoms with Gasteiger partial charge in [-0.15, -0.1) is 0 Å². The third-order valence-electron chi connectivity index (χ3n) is 1.22. The molecule has 0 heterocycles. The molecular formula is C10H10N2. The van der Waals surface area contributed by atoms with E-state index in [1.165, 1.54) is 12.2 Å². The van der Waals surface area contributed by atoms with Gasteiger partial charge < -0.3 is 0 Å². The molecule has 0 radical (unpaired) electrons. The third-order valence-corrected chi connectivity index (χ3v) is 1.22. The second kappa shape index (κ2) is 5.95. The lowest BCUT2D eigenvalue weighted by atomic mass is 10.1. The fourth-order valence-electron chi connectivity index (χ4n) is 0.725. The van der Waals surface area contributed by atoms with E-state index in [1.54, 1.807) is 6.08 Å². The lowest BCUT2D eigenvalue weighted by Crippen LogP contribution is -1.82. The summed E-state index contributed by atoms with van der Waals surface area (Å²) in [5.74, 6) is 0. The molecule has 12 heavy (non-hydrogen) atoms. The standard InChI is InChI=1S/C10H10N2/c1-3-5-9(7-11)10(8-12)6-4-2/h3,5-6H,1,4H2,2H3/b9-5-,10-6-. The van der Waals surface area contributed by atoms with Crippen molar-refractivity contribution >= 4 is 0 Å². The molecule has 0 saturated heterocycles. The topological polar surface area (TPSA) is 47.6 Å². The van der Waals surface area contributed by atoms with E-state index in [2.05, 4.69) is 6.58 Å². The molecule has 0 unspecified atom stereocenters. The highest BCUT2D eigenvalue weighted by Gasteiger charge is 1.99. The normalized spacial score (nSPS) is 11.6. The molecule has 0 aliphatic carbocycles. The van der Waals surface area contributed by atoms with Gasteiger partial charge in [-0.3, -0.25) is 0 Å². The van der Waals surface area contributed by atoms with E-state index < -0.39 is 0 Å². The highest BCUT2D eigenvalue weighted by Crippen LogP contribution is 2.08. The Balaban J connectivity index is 4.87. The molecule has 0 aliphatic heterocycles. The molecule has 0 aromatic carbocycles. The van der Waals surface area contributed by atoms with Crippen LogP contribution in [0.4, 0.5) is 0 Å². The van der Waals surface area contributed by atoms with Crippen LogP contribution in [0.1, 0.15) is 13.3 Å². The van der Waals surface area contributed by atoms with Crippen LogP contribution in [0.2, 0.25) is 0 Å². The second-order valence-electron chi connectivity index (χ2n) is 2.07. The van der Waals surface area contributed by atoms with Gasteiger partial charge in [0.2, 0.25) is 0 Å². The molecule has 0 bridgehead atoms. The monoisotopic (exact) mass is 158 g/mol. The summed E-state index contributed by atoms with van der Waals surface area (Å²) in [5.41, 5.74) is 0.786. The van der Waals surface area contributed by atoms with Gasteiger partial charge in [0.25, 0.3) is 0 Å². The van der Waals surface area contributed by atoms with Crippen LogP contribution >= 0.6 is 0 Å². The van der Waals surface area contributed by atoms with Gasteiger partial charge in [-0.2, -0.15) is 10.5 Å². The lowest BCUT2D eigenvalue weighted by Gasteiger charge is -1.91. The van der Waals surface area contributed by atoms with Crippen molar-refractivity contribution in [2.45, 2.75) is 13.3 Å². The predicted octanol–water partition coefficient (Wildman–Crippen LogP) is 2.48. The highest BCUT2D eigenvalue weighted by molar-refractivity contribution is 5.51. The van der Waals surface area contributed by atoms with Crippen molar-refractivity contribution in [1.82, 2.24) is 0 Å². The maximum Gasteiger partial charge on any atom is 0.100 e. The fourth-order valence-corrected chi connectivity index (χ4v) is 0.725. The summed E-state index contributed by atoms with van der Waals surface area (Å²) in [6, 6.07) is 3.90. The molecule has 0 rings (SSSR count). The van der Waals surface area contributed by atoms with Gasteiger partial charge in [-0.1, -0.05) is 25.7 Å². The molecule has 0 saturated carbocycles. The smallest absolute Gasteiger partial charge is 0.100 e. The number of nitriles is 2. The number of hydrogen-bond donors (Lipinski definition) is 0. The molecular weight excluding hydrogens is 148 g/mol. The zero-order valence-corrected chi connectivity index (χ0v) is 7.04. The van der Waals surface area contributed by atoms with Gasteiger partial charge in [-0.05, 0) is 12.5 Å². The van der Waals surface area contributed by atoms with Crippen molar-refractivity contribution in [2.75, 3.05) is 0 Å².